The molecule has 1 unspecified atom stereocenters. The van der Waals surface area contributed by atoms with Crippen LogP contribution >= 0.6 is 23.6 Å². The van der Waals surface area contributed by atoms with Gasteiger partial charge in [-0.15, -0.1) is 11.3 Å². The first-order valence-corrected chi connectivity index (χ1v) is 9.79. The van der Waals surface area contributed by atoms with Crippen LogP contribution in [-0.4, -0.2) is 9.55 Å². The zero-order valence-corrected chi connectivity index (χ0v) is 14.9. The molecule has 2 aliphatic rings. The van der Waals surface area contributed by atoms with E-state index >= 15 is 0 Å². The molecule has 1 atom stereocenters. The molecule has 0 radical (unpaired) electrons. The summed E-state index contributed by atoms with van der Waals surface area (Å²) in [5.41, 5.74) is 2.81. The number of nitrogens with zero attached hydrogens (tertiary/aromatic N) is 1. The fourth-order valence-corrected chi connectivity index (χ4v) is 5.66. The molecule has 2 heterocycles. The average molecular weight is 355 g/mol. The summed E-state index contributed by atoms with van der Waals surface area (Å²) in [4.78, 5) is 18.7. The normalized spacial score (nSPS) is 20.2. The molecule has 2 aliphatic carbocycles. The molecule has 3 nitrogen and oxygen atoms in total. The number of benzene rings is 1. The summed E-state index contributed by atoms with van der Waals surface area (Å²) in [5, 5.41) is 0.905. The molecule has 0 spiro atoms. The number of H-pyrrole nitrogens is 1. The van der Waals surface area contributed by atoms with Crippen molar-refractivity contribution in [2.24, 2.45) is 0 Å². The third-order valence-electron chi connectivity index (χ3n) is 5.32. The Balaban J connectivity index is 1.63. The zero-order valence-electron chi connectivity index (χ0n) is 13.2. The van der Waals surface area contributed by atoms with Crippen LogP contribution in [0.2, 0.25) is 0 Å². The number of aryl methyl sites for hydroxylation is 1. The summed E-state index contributed by atoms with van der Waals surface area (Å²) in [6.45, 7) is 0. The van der Waals surface area contributed by atoms with E-state index in [0.29, 0.717) is 16.7 Å². The van der Waals surface area contributed by atoms with E-state index in [2.05, 4.69) is 35.3 Å². The van der Waals surface area contributed by atoms with Crippen molar-refractivity contribution in [1.29, 1.82) is 0 Å². The highest BCUT2D eigenvalue weighted by Crippen LogP contribution is 2.40. The van der Waals surface area contributed by atoms with Crippen LogP contribution in [0.3, 0.4) is 0 Å². The van der Waals surface area contributed by atoms with Gasteiger partial charge in [0.2, 0.25) is 0 Å². The summed E-state index contributed by atoms with van der Waals surface area (Å²) in [7, 11) is 0. The molecule has 0 aliphatic heterocycles. The Kier molecular flexibility index (Phi) is 3.28. The van der Waals surface area contributed by atoms with Gasteiger partial charge >= 0.3 is 0 Å². The largest absolute Gasteiger partial charge is 0.323 e. The van der Waals surface area contributed by atoms with Crippen molar-refractivity contribution in [2.45, 2.75) is 44.1 Å². The van der Waals surface area contributed by atoms with Crippen LogP contribution in [0.4, 0.5) is 0 Å². The van der Waals surface area contributed by atoms with Gasteiger partial charge in [-0.05, 0) is 61.4 Å². The molecule has 1 N–H and O–H groups in total. The van der Waals surface area contributed by atoms with Gasteiger partial charge in [0, 0.05) is 10.9 Å². The fourth-order valence-electron chi connectivity index (χ4n) is 3.94. The Hall–Kier alpha value is -1.72. The zero-order chi connectivity index (χ0) is 16.3. The molecule has 24 heavy (non-hydrogen) atoms. The molecule has 2 aromatic heterocycles. The predicted molar refractivity (Wildman–Crippen MR) is 101 cm³/mol. The topological polar surface area (TPSA) is 37.8 Å². The standard InChI is InChI=1S/C19H18N2OS2/c22-18-16-14-9-6-12(11-4-2-1-3-5-11)10-15(14)24-17(16)20-19(23)21(18)13-7-8-13/h1-5,12-13H,6-10H2,(H,20,23). The van der Waals surface area contributed by atoms with Crippen LogP contribution in [-0.2, 0) is 12.8 Å². The number of hydrogen-bond donors (Lipinski definition) is 1. The predicted octanol–water partition coefficient (Wildman–Crippen LogP) is 4.73. The minimum Gasteiger partial charge on any atom is -0.323 e. The van der Waals surface area contributed by atoms with E-state index in [4.69, 9.17) is 12.2 Å². The summed E-state index contributed by atoms with van der Waals surface area (Å²) >= 11 is 7.17. The number of aromatic nitrogens is 2. The number of nitrogens with one attached hydrogen (secondary N) is 1. The van der Waals surface area contributed by atoms with Crippen LogP contribution in [0.5, 0.6) is 0 Å². The van der Waals surface area contributed by atoms with Gasteiger partial charge in [0.1, 0.15) is 4.83 Å². The molecule has 5 rings (SSSR count). The van der Waals surface area contributed by atoms with Crippen molar-refractivity contribution in [3.63, 3.8) is 0 Å². The Labute approximate surface area is 149 Å². The van der Waals surface area contributed by atoms with Crippen molar-refractivity contribution >= 4 is 33.8 Å². The van der Waals surface area contributed by atoms with Gasteiger partial charge < -0.3 is 4.98 Å². The van der Waals surface area contributed by atoms with Crippen molar-refractivity contribution in [3.05, 3.63) is 61.5 Å². The van der Waals surface area contributed by atoms with E-state index in [0.717, 1.165) is 42.3 Å². The number of hydrogen-bond acceptors (Lipinski definition) is 3. The summed E-state index contributed by atoms with van der Waals surface area (Å²) < 4.78 is 2.40. The molecule has 0 amide bonds. The first kappa shape index (κ1) is 14.6. The quantitative estimate of drug-likeness (QED) is 0.676. The number of aromatic amines is 1. The molecule has 1 aromatic carbocycles. The fraction of sp³-hybridized carbons (Fsp3) is 0.368. The first-order chi connectivity index (χ1) is 11.7. The second kappa shape index (κ2) is 5.39. The molecular formula is C19H18N2OS2. The Morgan fingerprint density at radius 1 is 1.17 bits per heavy atom. The summed E-state index contributed by atoms with van der Waals surface area (Å²) in [5.74, 6) is 0.556. The highest BCUT2D eigenvalue weighted by molar-refractivity contribution is 7.71. The van der Waals surface area contributed by atoms with Crippen molar-refractivity contribution in [2.75, 3.05) is 0 Å². The Morgan fingerprint density at radius 3 is 2.71 bits per heavy atom. The maximum absolute atomic E-state index is 13.0. The van der Waals surface area contributed by atoms with Crippen LogP contribution in [0.15, 0.2) is 35.1 Å². The van der Waals surface area contributed by atoms with Crippen LogP contribution in [0, 0.1) is 4.77 Å². The Morgan fingerprint density at radius 2 is 1.96 bits per heavy atom. The van der Waals surface area contributed by atoms with E-state index in [1.54, 1.807) is 11.3 Å². The first-order valence-electron chi connectivity index (χ1n) is 8.56. The molecular weight excluding hydrogens is 336 g/mol. The van der Waals surface area contributed by atoms with E-state index in [1.165, 1.54) is 16.0 Å². The van der Waals surface area contributed by atoms with Crippen molar-refractivity contribution in [1.82, 2.24) is 9.55 Å². The monoisotopic (exact) mass is 354 g/mol. The lowest BCUT2D eigenvalue weighted by molar-refractivity contribution is 0.594. The van der Waals surface area contributed by atoms with Gasteiger partial charge in [0.15, 0.2) is 4.77 Å². The van der Waals surface area contributed by atoms with Crippen molar-refractivity contribution < 1.29 is 0 Å². The smallest absolute Gasteiger partial charge is 0.263 e. The van der Waals surface area contributed by atoms with E-state index in [1.807, 2.05) is 4.57 Å². The molecule has 1 fully saturated rings. The average Bonchev–Trinajstić information content (AvgIpc) is 3.35. The third kappa shape index (κ3) is 2.22. The highest BCUT2D eigenvalue weighted by Gasteiger charge is 2.30. The molecule has 3 aromatic rings. The number of thiophene rings is 1. The van der Waals surface area contributed by atoms with Gasteiger partial charge in [-0.1, -0.05) is 30.3 Å². The number of fused-ring (bicyclic) bond motifs is 3. The molecule has 0 bridgehead atoms. The second-order valence-corrected chi connectivity index (χ2v) is 8.39. The lowest BCUT2D eigenvalue weighted by Crippen LogP contribution is -2.22. The molecule has 5 heteroatoms. The maximum atomic E-state index is 13.0. The van der Waals surface area contributed by atoms with Gasteiger partial charge in [0.25, 0.3) is 5.56 Å². The third-order valence-corrected chi connectivity index (χ3v) is 6.79. The van der Waals surface area contributed by atoms with Gasteiger partial charge in [-0.2, -0.15) is 0 Å². The van der Waals surface area contributed by atoms with Gasteiger partial charge in [-0.25, -0.2) is 0 Å². The summed E-state index contributed by atoms with van der Waals surface area (Å²) in [6.07, 6.45) is 5.28. The van der Waals surface area contributed by atoms with Crippen molar-refractivity contribution in [3.8, 4) is 0 Å². The molecule has 0 saturated heterocycles. The highest BCUT2D eigenvalue weighted by atomic mass is 32.1. The SMILES string of the molecule is O=c1c2c3c(sc2[nH]c(=S)n1C1CC1)CC(c1ccccc1)CC3. The van der Waals surface area contributed by atoms with Gasteiger partial charge in [0.05, 0.1) is 5.39 Å². The van der Waals surface area contributed by atoms with Gasteiger partial charge in [-0.3, -0.25) is 9.36 Å². The second-order valence-electron chi connectivity index (χ2n) is 6.89. The molecule has 122 valence electrons. The van der Waals surface area contributed by atoms with E-state index in [9.17, 15) is 4.79 Å². The lowest BCUT2D eigenvalue weighted by Gasteiger charge is -2.22. The molecule has 1 saturated carbocycles. The lowest BCUT2D eigenvalue weighted by atomic mass is 9.83. The maximum Gasteiger partial charge on any atom is 0.263 e. The Bertz CT molecular complexity index is 1040. The number of rotatable bonds is 2. The van der Waals surface area contributed by atoms with Crippen LogP contribution < -0.4 is 5.56 Å². The van der Waals surface area contributed by atoms with E-state index in [-0.39, 0.29) is 5.56 Å². The van der Waals surface area contributed by atoms with Crippen LogP contribution in [0.25, 0.3) is 10.2 Å². The minimum absolute atomic E-state index is 0.131. The van der Waals surface area contributed by atoms with E-state index < -0.39 is 0 Å². The van der Waals surface area contributed by atoms with Crippen LogP contribution in [0.1, 0.15) is 47.2 Å². The summed E-state index contributed by atoms with van der Waals surface area (Å²) in [6, 6.07) is 11.1. The minimum atomic E-state index is 0.131.